The number of benzene rings is 2. The Morgan fingerprint density at radius 2 is 1.73 bits per heavy atom. The molecule has 0 atom stereocenters. The first-order valence-corrected chi connectivity index (χ1v) is 7.91. The third kappa shape index (κ3) is 2.92. The monoisotopic (exact) mass is 308 g/mol. The Morgan fingerprint density at radius 1 is 1.05 bits per heavy atom. The molecule has 1 amide bonds. The third-order valence-electron chi connectivity index (χ3n) is 3.32. The fourth-order valence-corrected chi connectivity index (χ4v) is 3.23. The van der Waals surface area contributed by atoms with Gasteiger partial charge in [0, 0.05) is 18.0 Å². The van der Waals surface area contributed by atoms with Gasteiger partial charge >= 0.3 is 0 Å². The molecule has 3 nitrogen and oxygen atoms in total. The number of nitrogens with zero attached hydrogens (tertiary/aromatic N) is 2. The zero-order valence-electron chi connectivity index (χ0n) is 12.5. The highest BCUT2D eigenvalue weighted by Gasteiger charge is 2.10. The lowest BCUT2D eigenvalue weighted by molar-refractivity contribution is -0.116. The van der Waals surface area contributed by atoms with Gasteiger partial charge < -0.3 is 0 Å². The number of carbonyl (C=O) groups excluding carboxylic acids is 1. The molecule has 0 radical (unpaired) electrons. The van der Waals surface area contributed by atoms with Crippen molar-refractivity contribution in [2.75, 3.05) is 0 Å². The largest absolute Gasteiger partial charge is 0.285 e. The molecule has 4 heteroatoms. The Labute approximate surface area is 133 Å². The molecule has 0 aliphatic carbocycles. The van der Waals surface area contributed by atoms with E-state index < -0.39 is 0 Å². The normalized spacial score (nSPS) is 11.6. The van der Waals surface area contributed by atoms with Crippen molar-refractivity contribution in [3.8, 4) is 16.9 Å². The van der Waals surface area contributed by atoms with Crippen LogP contribution in [0.1, 0.15) is 12.5 Å². The van der Waals surface area contributed by atoms with E-state index in [0.717, 1.165) is 16.9 Å². The summed E-state index contributed by atoms with van der Waals surface area (Å²) in [5.74, 6) is -0.192. The molecule has 1 heterocycles. The zero-order valence-corrected chi connectivity index (χ0v) is 13.3. The van der Waals surface area contributed by atoms with E-state index in [0.29, 0.717) is 4.80 Å². The second kappa shape index (κ2) is 6.12. The van der Waals surface area contributed by atoms with E-state index in [1.165, 1.54) is 23.8 Å². The molecular formula is C18H16N2OS. The maximum absolute atomic E-state index is 11.4. The molecule has 0 aliphatic rings. The number of thiazole rings is 1. The van der Waals surface area contributed by atoms with Gasteiger partial charge in [0.05, 0.1) is 5.69 Å². The summed E-state index contributed by atoms with van der Waals surface area (Å²) in [5, 5.41) is 2.04. The van der Waals surface area contributed by atoms with Crippen LogP contribution in [0.4, 0.5) is 0 Å². The van der Waals surface area contributed by atoms with Crippen molar-refractivity contribution >= 4 is 17.2 Å². The fraction of sp³-hybridized carbons (Fsp3) is 0.111. The second-order valence-corrected chi connectivity index (χ2v) is 5.91. The molecule has 22 heavy (non-hydrogen) atoms. The van der Waals surface area contributed by atoms with E-state index in [-0.39, 0.29) is 5.91 Å². The van der Waals surface area contributed by atoms with E-state index in [9.17, 15) is 4.79 Å². The third-order valence-corrected chi connectivity index (χ3v) is 4.15. The smallest absolute Gasteiger partial charge is 0.245 e. The van der Waals surface area contributed by atoms with Crippen LogP contribution in [-0.2, 0) is 4.79 Å². The van der Waals surface area contributed by atoms with Crippen LogP contribution >= 0.6 is 11.3 Å². The van der Waals surface area contributed by atoms with Crippen LogP contribution in [0.2, 0.25) is 0 Å². The summed E-state index contributed by atoms with van der Waals surface area (Å²) in [7, 11) is 0. The molecule has 0 saturated carbocycles. The van der Waals surface area contributed by atoms with Gasteiger partial charge in [0.1, 0.15) is 0 Å². The Morgan fingerprint density at radius 3 is 2.36 bits per heavy atom. The minimum absolute atomic E-state index is 0.192. The summed E-state index contributed by atoms with van der Waals surface area (Å²) in [6.07, 6.45) is 0. The average molecular weight is 308 g/mol. The molecule has 0 aliphatic heterocycles. The maximum Gasteiger partial charge on any atom is 0.245 e. The van der Waals surface area contributed by atoms with Gasteiger partial charge in [0.15, 0.2) is 4.80 Å². The van der Waals surface area contributed by atoms with Crippen molar-refractivity contribution in [3.05, 3.63) is 70.3 Å². The molecule has 0 bridgehead atoms. The molecule has 3 aromatic rings. The quantitative estimate of drug-likeness (QED) is 0.705. The molecule has 2 aromatic carbocycles. The average Bonchev–Trinajstić information content (AvgIpc) is 2.92. The van der Waals surface area contributed by atoms with Crippen LogP contribution in [0, 0.1) is 6.92 Å². The lowest BCUT2D eigenvalue weighted by Crippen LogP contribution is -2.15. The van der Waals surface area contributed by atoms with Crippen LogP contribution in [0.3, 0.4) is 0 Å². The van der Waals surface area contributed by atoms with Crippen molar-refractivity contribution in [1.82, 2.24) is 4.57 Å². The predicted molar refractivity (Wildman–Crippen MR) is 90.1 cm³/mol. The number of carbonyl (C=O) groups is 1. The topological polar surface area (TPSA) is 34.4 Å². The standard InChI is InChI=1S/C18H16N2OS/c1-13-8-10-16(11-9-13)20-17(15-6-4-3-5-7-15)12-22-18(20)19-14(2)21/h3-12H,1-2H3. The maximum atomic E-state index is 11.4. The Kier molecular flexibility index (Phi) is 4.02. The molecule has 0 saturated heterocycles. The molecule has 3 rings (SSSR count). The van der Waals surface area contributed by atoms with Gasteiger partial charge in [-0.25, -0.2) is 0 Å². The molecule has 0 fully saturated rings. The van der Waals surface area contributed by atoms with Crippen LogP contribution in [0.25, 0.3) is 16.9 Å². The lowest BCUT2D eigenvalue weighted by atomic mass is 10.1. The highest BCUT2D eigenvalue weighted by Crippen LogP contribution is 2.23. The van der Waals surface area contributed by atoms with Crippen LogP contribution in [0.5, 0.6) is 0 Å². The zero-order chi connectivity index (χ0) is 15.5. The number of rotatable bonds is 2. The summed E-state index contributed by atoms with van der Waals surface area (Å²) < 4.78 is 2.03. The summed E-state index contributed by atoms with van der Waals surface area (Å²) in [6, 6.07) is 18.4. The minimum atomic E-state index is -0.192. The van der Waals surface area contributed by atoms with Crippen LogP contribution < -0.4 is 4.80 Å². The highest BCUT2D eigenvalue weighted by atomic mass is 32.1. The Bertz CT molecular complexity index is 858. The first-order chi connectivity index (χ1) is 10.6. The molecule has 0 N–H and O–H groups in total. The van der Waals surface area contributed by atoms with Crippen molar-refractivity contribution in [3.63, 3.8) is 0 Å². The first-order valence-electron chi connectivity index (χ1n) is 7.03. The van der Waals surface area contributed by atoms with Crippen molar-refractivity contribution in [2.45, 2.75) is 13.8 Å². The van der Waals surface area contributed by atoms with Gasteiger partial charge in [0.25, 0.3) is 0 Å². The second-order valence-electron chi connectivity index (χ2n) is 5.07. The Hall–Kier alpha value is -2.46. The first kappa shape index (κ1) is 14.5. The molecular weight excluding hydrogens is 292 g/mol. The minimum Gasteiger partial charge on any atom is -0.285 e. The van der Waals surface area contributed by atoms with E-state index in [1.807, 2.05) is 40.3 Å². The predicted octanol–water partition coefficient (Wildman–Crippen LogP) is 3.96. The highest BCUT2D eigenvalue weighted by molar-refractivity contribution is 7.07. The number of aromatic nitrogens is 1. The van der Waals surface area contributed by atoms with E-state index in [1.54, 1.807) is 0 Å². The van der Waals surface area contributed by atoms with Crippen molar-refractivity contribution in [1.29, 1.82) is 0 Å². The van der Waals surface area contributed by atoms with E-state index in [4.69, 9.17) is 0 Å². The summed E-state index contributed by atoms with van der Waals surface area (Å²) in [6.45, 7) is 3.53. The summed E-state index contributed by atoms with van der Waals surface area (Å²) >= 11 is 1.47. The van der Waals surface area contributed by atoms with Crippen molar-refractivity contribution in [2.24, 2.45) is 4.99 Å². The van der Waals surface area contributed by atoms with Gasteiger partial charge in [-0.05, 0) is 24.6 Å². The summed E-state index contributed by atoms with van der Waals surface area (Å²) in [4.78, 5) is 16.3. The van der Waals surface area contributed by atoms with Gasteiger partial charge in [-0.3, -0.25) is 9.36 Å². The summed E-state index contributed by atoms with van der Waals surface area (Å²) in [5.41, 5.74) is 4.34. The lowest BCUT2D eigenvalue weighted by Gasteiger charge is -2.09. The number of aryl methyl sites for hydroxylation is 1. The molecule has 0 unspecified atom stereocenters. The molecule has 1 aromatic heterocycles. The van der Waals surface area contributed by atoms with Gasteiger partial charge in [-0.15, -0.1) is 11.3 Å². The molecule has 110 valence electrons. The van der Waals surface area contributed by atoms with Gasteiger partial charge in [-0.2, -0.15) is 4.99 Å². The van der Waals surface area contributed by atoms with E-state index >= 15 is 0 Å². The number of hydrogen-bond acceptors (Lipinski definition) is 2. The van der Waals surface area contributed by atoms with Gasteiger partial charge in [0.2, 0.25) is 5.91 Å². The van der Waals surface area contributed by atoms with Crippen LogP contribution in [0.15, 0.2) is 65.0 Å². The Balaban J connectivity index is 2.27. The number of hydrogen-bond donors (Lipinski definition) is 0. The fourth-order valence-electron chi connectivity index (χ4n) is 2.28. The number of amides is 1. The SMILES string of the molecule is CC(=O)N=c1scc(-c2ccccc2)n1-c1ccc(C)cc1. The van der Waals surface area contributed by atoms with E-state index in [2.05, 4.69) is 36.2 Å². The molecule has 0 spiro atoms. The van der Waals surface area contributed by atoms with Crippen LogP contribution in [-0.4, -0.2) is 10.5 Å². The van der Waals surface area contributed by atoms with Gasteiger partial charge in [-0.1, -0.05) is 48.0 Å². The van der Waals surface area contributed by atoms with Crippen molar-refractivity contribution < 1.29 is 4.79 Å².